The minimum atomic E-state index is -0.196. The van der Waals surface area contributed by atoms with Crippen LogP contribution < -0.4 is 15.3 Å². The maximum absolute atomic E-state index is 11.9. The molecule has 0 saturated carbocycles. The minimum absolute atomic E-state index is 0.196. The summed E-state index contributed by atoms with van der Waals surface area (Å²) in [7, 11) is 3.12. The van der Waals surface area contributed by atoms with Crippen LogP contribution in [-0.2, 0) is 6.54 Å². The number of methoxy groups -OCH3 is 2. The van der Waals surface area contributed by atoms with Crippen LogP contribution >= 0.6 is 0 Å². The number of urea groups is 1. The molecule has 0 radical (unpaired) electrons. The topological polar surface area (TPSA) is 80.9 Å². The van der Waals surface area contributed by atoms with Gasteiger partial charge in [0.25, 0.3) is 0 Å². The van der Waals surface area contributed by atoms with E-state index in [2.05, 4.69) is 4.98 Å². The molecule has 1 aromatic rings. The second kappa shape index (κ2) is 5.75. The molecule has 104 valence electrons. The Hall–Kier alpha value is -2.02. The summed E-state index contributed by atoms with van der Waals surface area (Å²) < 4.78 is 10.5. The van der Waals surface area contributed by atoms with E-state index in [1.165, 1.54) is 5.01 Å². The Balaban J connectivity index is 2.21. The van der Waals surface area contributed by atoms with Crippen molar-refractivity contribution in [2.75, 3.05) is 27.3 Å². The summed E-state index contributed by atoms with van der Waals surface area (Å²) in [5.41, 5.74) is 0.658. The van der Waals surface area contributed by atoms with Gasteiger partial charge in [-0.1, -0.05) is 0 Å². The first kappa shape index (κ1) is 13.4. The second-order valence-corrected chi connectivity index (χ2v) is 4.24. The fourth-order valence-corrected chi connectivity index (χ4v) is 2.10. The van der Waals surface area contributed by atoms with Gasteiger partial charge < -0.3 is 14.4 Å². The predicted octanol–water partition coefficient (Wildman–Crippen LogP) is 0.600. The number of carbonyl (C=O) groups excluding carboxylic acids is 1. The molecule has 19 heavy (non-hydrogen) atoms. The Labute approximate surface area is 111 Å². The highest BCUT2D eigenvalue weighted by Crippen LogP contribution is 2.30. The number of nitrogens with two attached hydrogens (primary N) is 1. The molecule has 7 heteroatoms. The number of hydrogen-bond acceptors (Lipinski definition) is 5. The quantitative estimate of drug-likeness (QED) is 0.637. The Kier molecular flexibility index (Phi) is 4.06. The van der Waals surface area contributed by atoms with Gasteiger partial charge in [0.05, 0.1) is 20.8 Å². The van der Waals surface area contributed by atoms with Crippen molar-refractivity contribution < 1.29 is 14.3 Å². The maximum Gasteiger partial charge on any atom is 0.334 e. The van der Waals surface area contributed by atoms with Crippen molar-refractivity contribution in [3.05, 3.63) is 18.0 Å². The first-order valence-electron chi connectivity index (χ1n) is 6.04. The molecule has 1 aliphatic heterocycles. The van der Waals surface area contributed by atoms with Crippen LogP contribution in [0.3, 0.4) is 0 Å². The third kappa shape index (κ3) is 2.70. The third-order valence-corrected chi connectivity index (χ3v) is 3.05. The molecule has 2 N–H and O–H groups in total. The highest BCUT2D eigenvalue weighted by Gasteiger charge is 2.25. The number of ether oxygens (including phenoxy) is 2. The molecule has 1 saturated heterocycles. The molecule has 1 aliphatic rings. The summed E-state index contributed by atoms with van der Waals surface area (Å²) in [6.45, 7) is 1.60. The second-order valence-electron chi connectivity index (χ2n) is 4.24. The lowest BCUT2D eigenvalue weighted by Crippen LogP contribution is -2.52. The zero-order chi connectivity index (χ0) is 13.8. The van der Waals surface area contributed by atoms with Crippen molar-refractivity contribution in [1.29, 1.82) is 0 Å². The Morgan fingerprint density at radius 3 is 2.84 bits per heavy atom. The van der Waals surface area contributed by atoms with Crippen molar-refractivity contribution >= 4 is 6.03 Å². The normalized spacial score (nSPS) is 15.6. The maximum atomic E-state index is 11.9. The SMILES string of the molecule is COc1ccnc(CN2CCCN(N)C2=O)c1OC. The van der Waals surface area contributed by atoms with E-state index in [1.54, 1.807) is 31.4 Å². The van der Waals surface area contributed by atoms with Crippen LogP contribution in [0.5, 0.6) is 11.5 Å². The molecule has 0 bridgehead atoms. The van der Waals surface area contributed by atoms with Crippen LogP contribution in [0, 0.1) is 0 Å². The molecule has 2 rings (SSSR count). The van der Waals surface area contributed by atoms with E-state index in [1.807, 2.05) is 0 Å². The molecule has 2 amide bonds. The molecule has 0 atom stereocenters. The van der Waals surface area contributed by atoms with Crippen molar-refractivity contribution in [3.8, 4) is 11.5 Å². The van der Waals surface area contributed by atoms with Crippen molar-refractivity contribution in [3.63, 3.8) is 0 Å². The van der Waals surface area contributed by atoms with Gasteiger partial charge >= 0.3 is 6.03 Å². The van der Waals surface area contributed by atoms with E-state index in [0.717, 1.165) is 6.42 Å². The first-order valence-corrected chi connectivity index (χ1v) is 6.04. The molecule has 7 nitrogen and oxygen atoms in total. The van der Waals surface area contributed by atoms with Gasteiger partial charge in [0, 0.05) is 25.4 Å². The molecular formula is C12H18N4O3. The first-order chi connectivity index (χ1) is 9.17. The lowest BCUT2D eigenvalue weighted by molar-refractivity contribution is 0.126. The number of carbonyl (C=O) groups is 1. The fourth-order valence-electron chi connectivity index (χ4n) is 2.10. The molecule has 1 fully saturated rings. The van der Waals surface area contributed by atoms with Gasteiger partial charge in [-0.15, -0.1) is 0 Å². The Morgan fingerprint density at radius 2 is 2.16 bits per heavy atom. The summed E-state index contributed by atoms with van der Waals surface area (Å²) in [4.78, 5) is 17.8. The molecule has 0 unspecified atom stereocenters. The van der Waals surface area contributed by atoms with E-state index in [-0.39, 0.29) is 6.03 Å². The Bertz CT molecular complexity index is 466. The van der Waals surface area contributed by atoms with Crippen molar-refractivity contribution in [1.82, 2.24) is 14.9 Å². The smallest absolute Gasteiger partial charge is 0.334 e. The van der Waals surface area contributed by atoms with Gasteiger partial charge in [-0.2, -0.15) is 0 Å². The number of aromatic nitrogens is 1. The summed E-state index contributed by atoms with van der Waals surface area (Å²) in [5, 5.41) is 1.22. The number of pyridine rings is 1. The average molecular weight is 266 g/mol. The van der Waals surface area contributed by atoms with Gasteiger partial charge in [0.1, 0.15) is 5.69 Å². The number of hydrazine groups is 1. The summed E-state index contributed by atoms with van der Waals surface area (Å²) in [6, 6.07) is 1.52. The van der Waals surface area contributed by atoms with E-state index in [4.69, 9.17) is 15.3 Å². The predicted molar refractivity (Wildman–Crippen MR) is 68.7 cm³/mol. The van der Waals surface area contributed by atoms with Gasteiger partial charge in [-0.05, 0) is 6.42 Å². The standard InChI is InChI=1S/C12H18N4O3/c1-18-10-4-5-14-9(11(10)19-2)8-15-6-3-7-16(13)12(15)17/h4-5H,3,6-8,13H2,1-2H3. The van der Waals surface area contributed by atoms with Gasteiger partial charge in [0.2, 0.25) is 0 Å². The molecule has 0 spiro atoms. The van der Waals surface area contributed by atoms with E-state index < -0.39 is 0 Å². The van der Waals surface area contributed by atoms with E-state index in [9.17, 15) is 4.79 Å². The molecule has 2 heterocycles. The van der Waals surface area contributed by atoms with Crippen molar-refractivity contribution in [2.24, 2.45) is 5.84 Å². The largest absolute Gasteiger partial charge is 0.493 e. The van der Waals surface area contributed by atoms with Gasteiger partial charge in [-0.25, -0.2) is 10.6 Å². The van der Waals surface area contributed by atoms with Crippen LogP contribution in [-0.4, -0.2) is 48.2 Å². The zero-order valence-electron chi connectivity index (χ0n) is 11.1. The monoisotopic (exact) mass is 266 g/mol. The molecule has 0 aromatic carbocycles. The lowest BCUT2D eigenvalue weighted by Gasteiger charge is -2.32. The number of amides is 2. The molecule has 0 aliphatic carbocycles. The van der Waals surface area contributed by atoms with Crippen molar-refractivity contribution in [2.45, 2.75) is 13.0 Å². The average Bonchev–Trinajstić information content (AvgIpc) is 2.43. The molecule has 1 aromatic heterocycles. The zero-order valence-corrected chi connectivity index (χ0v) is 11.1. The summed E-state index contributed by atoms with van der Waals surface area (Å²) in [6.07, 6.45) is 2.47. The Morgan fingerprint density at radius 1 is 1.37 bits per heavy atom. The third-order valence-electron chi connectivity index (χ3n) is 3.05. The van der Waals surface area contributed by atoms with Crippen LogP contribution in [0.15, 0.2) is 12.3 Å². The highest BCUT2D eigenvalue weighted by atomic mass is 16.5. The van der Waals surface area contributed by atoms with E-state index >= 15 is 0 Å². The summed E-state index contributed by atoms with van der Waals surface area (Å²) in [5.74, 6) is 6.76. The fraction of sp³-hybridized carbons (Fsp3) is 0.500. The number of hydrogen-bond donors (Lipinski definition) is 1. The van der Waals surface area contributed by atoms with Crippen LogP contribution in [0.4, 0.5) is 4.79 Å². The van der Waals surface area contributed by atoms with Crippen LogP contribution in [0.25, 0.3) is 0 Å². The van der Waals surface area contributed by atoms with Gasteiger partial charge in [0.15, 0.2) is 11.5 Å². The minimum Gasteiger partial charge on any atom is -0.493 e. The highest BCUT2D eigenvalue weighted by molar-refractivity contribution is 5.74. The number of nitrogens with zero attached hydrogens (tertiary/aromatic N) is 3. The number of rotatable bonds is 4. The molecular weight excluding hydrogens is 248 g/mol. The summed E-state index contributed by atoms with van der Waals surface area (Å²) >= 11 is 0. The van der Waals surface area contributed by atoms with E-state index in [0.29, 0.717) is 36.8 Å². The lowest BCUT2D eigenvalue weighted by atomic mass is 10.2. The van der Waals surface area contributed by atoms with Crippen LogP contribution in [0.1, 0.15) is 12.1 Å². The van der Waals surface area contributed by atoms with Crippen LogP contribution in [0.2, 0.25) is 0 Å². The van der Waals surface area contributed by atoms with Gasteiger partial charge in [-0.3, -0.25) is 9.99 Å².